The van der Waals surface area contributed by atoms with E-state index in [2.05, 4.69) is 12.2 Å². The van der Waals surface area contributed by atoms with Gasteiger partial charge in [0, 0.05) is 13.1 Å². The Labute approximate surface area is 105 Å². The van der Waals surface area contributed by atoms with E-state index in [1.54, 1.807) is 23.1 Å². The van der Waals surface area contributed by atoms with Crippen LogP contribution in [0.2, 0.25) is 0 Å². The average molecular weight is 248 g/mol. The third-order valence-electron chi connectivity index (χ3n) is 3.11. The molecule has 5 heteroatoms. The van der Waals surface area contributed by atoms with Gasteiger partial charge in [-0.1, -0.05) is 19.1 Å². The molecule has 1 atom stereocenters. The molecule has 96 valence electrons. The van der Waals surface area contributed by atoms with Crippen LogP contribution in [-0.2, 0) is 0 Å². The van der Waals surface area contributed by atoms with Gasteiger partial charge in [0.25, 0.3) is 0 Å². The molecule has 2 rings (SSSR count). The Bertz CT molecular complexity index is 473. The van der Waals surface area contributed by atoms with Crippen LogP contribution in [-0.4, -0.2) is 35.1 Å². The van der Waals surface area contributed by atoms with Crippen molar-refractivity contribution >= 4 is 17.7 Å². The molecule has 1 fully saturated rings. The highest BCUT2D eigenvalue weighted by atomic mass is 16.4. The van der Waals surface area contributed by atoms with E-state index in [1.165, 1.54) is 6.07 Å². The Morgan fingerprint density at radius 3 is 2.72 bits per heavy atom. The predicted octanol–water partition coefficient (Wildman–Crippen LogP) is 2.26. The molecule has 0 aliphatic carbocycles. The number of carbonyl (C=O) groups excluding carboxylic acids is 1. The number of hydrogen-bond acceptors (Lipinski definition) is 2. The second-order valence-electron chi connectivity index (χ2n) is 4.62. The molecular weight excluding hydrogens is 232 g/mol. The monoisotopic (exact) mass is 248 g/mol. The van der Waals surface area contributed by atoms with Gasteiger partial charge in [0.1, 0.15) is 0 Å². The van der Waals surface area contributed by atoms with Gasteiger partial charge < -0.3 is 15.3 Å². The average Bonchev–Trinajstić information content (AvgIpc) is 2.76. The van der Waals surface area contributed by atoms with Crippen LogP contribution in [0.4, 0.5) is 10.5 Å². The quantitative estimate of drug-likeness (QED) is 0.843. The van der Waals surface area contributed by atoms with Gasteiger partial charge in [-0.2, -0.15) is 0 Å². The lowest BCUT2D eigenvalue weighted by Gasteiger charge is -2.17. The van der Waals surface area contributed by atoms with Crippen molar-refractivity contribution in [1.82, 2.24) is 4.90 Å². The van der Waals surface area contributed by atoms with Gasteiger partial charge in [0.05, 0.1) is 11.3 Å². The summed E-state index contributed by atoms with van der Waals surface area (Å²) >= 11 is 0. The predicted molar refractivity (Wildman–Crippen MR) is 67.8 cm³/mol. The number of anilines is 1. The smallest absolute Gasteiger partial charge is 0.337 e. The van der Waals surface area contributed by atoms with E-state index in [4.69, 9.17) is 5.11 Å². The Hall–Kier alpha value is -2.04. The summed E-state index contributed by atoms with van der Waals surface area (Å²) in [7, 11) is 0. The highest BCUT2D eigenvalue weighted by Crippen LogP contribution is 2.19. The van der Waals surface area contributed by atoms with Gasteiger partial charge in [-0.15, -0.1) is 0 Å². The molecule has 5 nitrogen and oxygen atoms in total. The molecule has 18 heavy (non-hydrogen) atoms. The number of nitrogens with zero attached hydrogens (tertiary/aromatic N) is 1. The molecule has 1 aromatic rings. The molecule has 1 aromatic carbocycles. The second kappa shape index (κ2) is 5.08. The maximum Gasteiger partial charge on any atom is 0.337 e. The number of benzene rings is 1. The second-order valence-corrected chi connectivity index (χ2v) is 4.62. The Morgan fingerprint density at radius 1 is 1.39 bits per heavy atom. The third kappa shape index (κ3) is 2.61. The van der Waals surface area contributed by atoms with E-state index in [1.807, 2.05) is 0 Å². The van der Waals surface area contributed by atoms with Crippen LogP contribution in [0.5, 0.6) is 0 Å². The summed E-state index contributed by atoms with van der Waals surface area (Å²) in [6.45, 7) is 3.54. The van der Waals surface area contributed by atoms with Crippen molar-refractivity contribution in [2.24, 2.45) is 5.92 Å². The summed E-state index contributed by atoms with van der Waals surface area (Å²) in [5, 5.41) is 11.7. The first-order chi connectivity index (χ1) is 8.58. The lowest BCUT2D eigenvalue weighted by Crippen LogP contribution is -2.33. The topological polar surface area (TPSA) is 69.6 Å². The maximum atomic E-state index is 12.0. The van der Waals surface area contributed by atoms with E-state index in [0.717, 1.165) is 19.5 Å². The van der Waals surface area contributed by atoms with Crippen LogP contribution in [0.25, 0.3) is 0 Å². The zero-order valence-electron chi connectivity index (χ0n) is 10.2. The number of para-hydroxylation sites is 1. The molecule has 0 saturated carbocycles. The van der Waals surface area contributed by atoms with Crippen LogP contribution in [0, 0.1) is 5.92 Å². The lowest BCUT2D eigenvalue weighted by atomic mass is 10.2. The van der Waals surface area contributed by atoms with E-state index >= 15 is 0 Å². The summed E-state index contributed by atoms with van der Waals surface area (Å²) in [6, 6.07) is 6.19. The van der Waals surface area contributed by atoms with Crippen molar-refractivity contribution in [3.8, 4) is 0 Å². The van der Waals surface area contributed by atoms with E-state index < -0.39 is 5.97 Å². The molecule has 2 N–H and O–H groups in total. The fourth-order valence-corrected chi connectivity index (χ4v) is 2.09. The number of urea groups is 1. The summed E-state index contributed by atoms with van der Waals surface area (Å²) in [4.78, 5) is 24.7. The molecule has 1 aliphatic rings. The van der Waals surface area contributed by atoms with E-state index in [-0.39, 0.29) is 11.6 Å². The number of carbonyl (C=O) groups is 2. The first-order valence-electron chi connectivity index (χ1n) is 5.96. The first-order valence-corrected chi connectivity index (χ1v) is 5.96. The minimum atomic E-state index is -1.04. The number of rotatable bonds is 2. The molecule has 0 spiro atoms. The summed E-state index contributed by atoms with van der Waals surface area (Å²) < 4.78 is 0. The van der Waals surface area contributed by atoms with Crippen molar-refractivity contribution in [3.05, 3.63) is 29.8 Å². The Kier molecular flexibility index (Phi) is 3.50. The molecule has 0 radical (unpaired) electrons. The molecule has 0 aromatic heterocycles. The molecule has 1 saturated heterocycles. The number of amides is 2. The zero-order chi connectivity index (χ0) is 13.1. The molecule has 1 unspecified atom stereocenters. The zero-order valence-corrected chi connectivity index (χ0v) is 10.2. The van der Waals surface area contributed by atoms with Crippen molar-refractivity contribution in [1.29, 1.82) is 0 Å². The minimum Gasteiger partial charge on any atom is -0.478 e. The molecule has 1 aliphatic heterocycles. The number of likely N-dealkylation sites (tertiary alicyclic amines) is 1. The highest BCUT2D eigenvalue weighted by Gasteiger charge is 2.24. The first kappa shape index (κ1) is 12.4. The van der Waals surface area contributed by atoms with Gasteiger partial charge in [-0.25, -0.2) is 9.59 Å². The van der Waals surface area contributed by atoms with Crippen molar-refractivity contribution in [3.63, 3.8) is 0 Å². The summed E-state index contributed by atoms with van der Waals surface area (Å²) in [5.74, 6) is -0.536. The minimum absolute atomic E-state index is 0.109. The summed E-state index contributed by atoms with van der Waals surface area (Å²) in [6.07, 6.45) is 0.994. The molecular formula is C13H16N2O3. The summed E-state index contributed by atoms with van der Waals surface area (Å²) in [5.41, 5.74) is 0.452. The molecule has 2 amide bonds. The van der Waals surface area contributed by atoms with Crippen LogP contribution in [0.1, 0.15) is 23.7 Å². The van der Waals surface area contributed by atoms with Crippen molar-refractivity contribution in [2.75, 3.05) is 18.4 Å². The number of aromatic carboxylic acids is 1. The number of carboxylic acids is 1. The number of carboxylic acid groups (broad SMARTS) is 1. The maximum absolute atomic E-state index is 12.0. The van der Waals surface area contributed by atoms with Gasteiger partial charge in [-0.3, -0.25) is 0 Å². The molecule has 1 heterocycles. The van der Waals surface area contributed by atoms with E-state index in [0.29, 0.717) is 11.6 Å². The Morgan fingerprint density at radius 2 is 2.11 bits per heavy atom. The lowest BCUT2D eigenvalue weighted by molar-refractivity contribution is 0.0698. The van der Waals surface area contributed by atoms with Crippen LogP contribution in [0.3, 0.4) is 0 Å². The number of hydrogen-bond donors (Lipinski definition) is 2. The normalized spacial score (nSPS) is 18.7. The van der Waals surface area contributed by atoms with Gasteiger partial charge >= 0.3 is 12.0 Å². The van der Waals surface area contributed by atoms with Crippen LogP contribution >= 0.6 is 0 Å². The van der Waals surface area contributed by atoms with Crippen LogP contribution in [0.15, 0.2) is 24.3 Å². The highest BCUT2D eigenvalue weighted by molar-refractivity contribution is 6.00. The van der Waals surface area contributed by atoms with Crippen LogP contribution < -0.4 is 5.32 Å². The Balaban J connectivity index is 2.09. The standard InChI is InChI=1S/C13H16N2O3/c1-9-6-7-15(8-9)13(18)14-11-5-3-2-4-10(11)12(16)17/h2-5,9H,6-8H2,1H3,(H,14,18)(H,16,17). The van der Waals surface area contributed by atoms with Crippen molar-refractivity contribution in [2.45, 2.75) is 13.3 Å². The number of nitrogens with one attached hydrogen (secondary N) is 1. The fourth-order valence-electron chi connectivity index (χ4n) is 2.09. The van der Waals surface area contributed by atoms with Gasteiger partial charge in [0.2, 0.25) is 0 Å². The SMILES string of the molecule is CC1CCN(C(=O)Nc2ccccc2C(=O)O)C1. The third-order valence-corrected chi connectivity index (χ3v) is 3.11. The largest absolute Gasteiger partial charge is 0.478 e. The van der Waals surface area contributed by atoms with E-state index in [9.17, 15) is 9.59 Å². The van der Waals surface area contributed by atoms with Gasteiger partial charge in [0.15, 0.2) is 0 Å². The fraction of sp³-hybridized carbons (Fsp3) is 0.385. The molecule has 0 bridgehead atoms. The van der Waals surface area contributed by atoms with Crippen molar-refractivity contribution < 1.29 is 14.7 Å². The van der Waals surface area contributed by atoms with Gasteiger partial charge in [-0.05, 0) is 24.5 Å².